The first-order valence-electron chi connectivity index (χ1n) is 10.1. The molecule has 0 spiro atoms. The van der Waals surface area contributed by atoms with E-state index in [1.807, 2.05) is 0 Å². The summed E-state index contributed by atoms with van der Waals surface area (Å²) in [7, 11) is 0. The first-order chi connectivity index (χ1) is 16.0. The number of hydrogen-bond acceptors (Lipinski definition) is 6. The average molecular weight is 538 g/mol. The van der Waals surface area contributed by atoms with Crippen LogP contribution in [0.15, 0.2) is 43.0 Å². The van der Waals surface area contributed by atoms with Crippen LogP contribution in [0.4, 0.5) is 14.5 Å². The quantitative estimate of drug-likeness (QED) is 0.512. The molecule has 0 bridgehead atoms. The van der Waals surface area contributed by atoms with E-state index in [0.29, 0.717) is 26.1 Å². The van der Waals surface area contributed by atoms with Gasteiger partial charge in [-0.1, -0.05) is 23.2 Å². The maximum Gasteiger partial charge on any atom is 0.487 e. The van der Waals surface area contributed by atoms with E-state index >= 15 is 0 Å². The average Bonchev–Trinajstić information content (AvgIpc) is 2.80. The summed E-state index contributed by atoms with van der Waals surface area (Å²) in [5, 5.41) is 2.95. The number of hydrogen-bond donors (Lipinski definition) is 1. The molecule has 13 heteroatoms. The lowest BCUT2D eigenvalue weighted by molar-refractivity contribution is -0.131. The predicted octanol–water partition coefficient (Wildman–Crippen LogP) is 3.99. The predicted molar refractivity (Wildman–Crippen MR) is 122 cm³/mol. The Morgan fingerprint density at radius 1 is 1.18 bits per heavy atom. The van der Waals surface area contributed by atoms with Gasteiger partial charge in [-0.05, 0) is 44.0 Å². The summed E-state index contributed by atoms with van der Waals surface area (Å²) in [4.78, 5) is 34.4. The highest BCUT2D eigenvalue weighted by molar-refractivity contribution is 6.54. The van der Waals surface area contributed by atoms with Crippen LogP contribution in [-0.4, -0.2) is 51.4 Å². The second-order valence-electron chi connectivity index (χ2n) is 7.58. The third kappa shape index (κ3) is 6.24. The summed E-state index contributed by atoms with van der Waals surface area (Å²) in [6.07, 6.45) is 5.23. The first-order valence-corrected chi connectivity index (χ1v) is 11.4. The Bertz CT molecular complexity index is 990. The monoisotopic (exact) mass is 536 g/mol. The Hall–Kier alpha value is -2.27. The van der Waals surface area contributed by atoms with Crippen molar-refractivity contribution in [3.63, 3.8) is 0 Å². The lowest BCUT2D eigenvalue weighted by Gasteiger charge is -2.41. The van der Waals surface area contributed by atoms with Crippen molar-refractivity contribution >= 4 is 52.3 Å². The molecule has 1 aliphatic heterocycles. The summed E-state index contributed by atoms with van der Waals surface area (Å²) in [5.74, 6) is -1.63. The lowest BCUT2D eigenvalue weighted by atomic mass is 9.89. The molecule has 1 N–H and O–H groups in total. The van der Waals surface area contributed by atoms with Crippen LogP contribution in [0.2, 0.25) is 0 Å². The van der Waals surface area contributed by atoms with Gasteiger partial charge in [-0.2, -0.15) is 0 Å². The van der Waals surface area contributed by atoms with Gasteiger partial charge < -0.3 is 14.8 Å². The molecule has 0 saturated carbocycles. The van der Waals surface area contributed by atoms with E-state index in [1.54, 1.807) is 0 Å². The molecule has 0 unspecified atom stereocenters. The van der Waals surface area contributed by atoms with E-state index < -0.39 is 27.8 Å². The molecular weight excluding hydrogens is 517 g/mol. The largest absolute Gasteiger partial charge is 0.487 e. The van der Waals surface area contributed by atoms with Crippen molar-refractivity contribution in [2.24, 2.45) is 0 Å². The SMILES string of the molecule is C[C@](C(=O)NC1CCOCC1)(c1cncnc1)N(C(=O)C(Cl)Cl)c1ccc(OC(F)(F)Cl)cc1. The second-order valence-corrected chi connectivity index (χ2v) is 9.11. The van der Waals surface area contributed by atoms with Crippen molar-refractivity contribution in [3.8, 4) is 5.75 Å². The number of aromatic nitrogens is 2. The maximum absolute atomic E-state index is 13.7. The van der Waals surface area contributed by atoms with Gasteiger partial charge >= 0.3 is 5.57 Å². The molecule has 1 aromatic carbocycles. The van der Waals surface area contributed by atoms with Gasteiger partial charge in [-0.25, -0.2) is 9.97 Å². The number of anilines is 1. The molecule has 0 aliphatic carbocycles. The Kier molecular flexibility index (Phi) is 8.51. The van der Waals surface area contributed by atoms with Crippen LogP contribution in [0.1, 0.15) is 25.3 Å². The fourth-order valence-electron chi connectivity index (χ4n) is 3.58. The van der Waals surface area contributed by atoms with Gasteiger partial charge in [0, 0.05) is 54.5 Å². The molecule has 8 nitrogen and oxygen atoms in total. The summed E-state index contributed by atoms with van der Waals surface area (Å²) in [6.45, 7) is 2.46. The zero-order valence-electron chi connectivity index (χ0n) is 17.9. The van der Waals surface area contributed by atoms with Crippen LogP contribution in [0.25, 0.3) is 0 Å². The van der Waals surface area contributed by atoms with Crippen LogP contribution in [0, 0.1) is 0 Å². The molecule has 1 aliphatic rings. The van der Waals surface area contributed by atoms with E-state index in [9.17, 15) is 18.4 Å². The molecule has 2 aromatic rings. The summed E-state index contributed by atoms with van der Waals surface area (Å²) >= 11 is 16.7. The number of rotatable bonds is 8. The third-order valence-corrected chi connectivity index (χ3v) is 5.75. The number of ether oxygens (including phenoxy) is 2. The minimum atomic E-state index is -3.92. The molecule has 1 aromatic heterocycles. The smallest absolute Gasteiger partial charge is 0.420 e. The van der Waals surface area contributed by atoms with Crippen LogP contribution >= 0.6 is 34.8 Å². The standard InChI is InChI=1S/C21H21Cl3F2N4O4/c1-20(13-10-27-12-28-11-13,19(32)29-14-6-8-33-9-7-14)30(18(31)17(22)23)15-2-4-16(5-3-15)34-21(24,25)26/h2-5,10-12,14,17H,6-9H2,1H3,(H,29,32)/t20-/m1/s1. The fraction of sp³-hybridized carbons (Fsp3) is 0.429. The van der Waals surface area contributed by atoms with Crippen molar-refractivity contribution in [1.82, 2.24) is 15.3 Å². The molecule has 34 heavy (non-hydrogen) atoms. The normalized spacial score (nSPS) is 16.6. The second kappa shape index (κ2) is 11.0. The van der Waals surface area contributed by atoms with Gasteiger partial charge in [-0.3, -0.25) is 14.5 Å². The van der Waals surface area contributed by atoms with Gasteiger partial charge in [0.1, 0.15) is 12.1 Å². The number of carbonyl (C=O) groups is 2. The van der Waals surface area contributed by atoms with E-state index in [1.165, 1.54) is 49.9 Å². The van der Waals surface area contributed by atoms with Gasteiger partial charge in [0.05, 0.1) is 0 Å². The van der Waals surface area contributed by atoms with Crippen LogP contribution in [0.5, 0.6) is 5.75 Å². The molecule has 3 rings (SSSR count). The van der Waals surface area contributed by atoms with Gasteiger partial charge in [0.15, 0.2) is 10.4 Å². The Labute approximate surface area is 209 Å². The zero-order valence-corrected chi connectivity index (χ0v) is 20.2. The molecule has 0 radical (unpaired) electrons. The number of amides is 2. The highest BCUT2D eigenvalue weighted by atomic mass is 35.5. The lowest BCUT2D eigenvalue weighted by Crippen LogP contribution is -2.60. The van der Waals surface area contributed by atoms with Crippen molar-refractivity contribution in [3.05, 3.63) is 48.5 Å². The fourth-order valence-corrected chi connectivity index (χ4v) is 3.86. The third-order valence-electron chi connectivity index (χ3n) is 5.30. The number of nitrogens with zero attached hydrogens (tertiary/aromatic N) is 3. The molecule has 1 fully saturated rings. The highest BCUT2D eigenvalue weighted by Gasteiger charge is 2.47. The molecule has 2 heterocycles. The van der Waals surface area contributed by atoms with Gasteiger partial charge in [0.2, 0.25) is 0 Å². The Balaban J connectivity index is 2.07. The summed E-state index contributed by atoms with van der Waals surface area (Å²) in [6, 6.07) is 4.75. The Morgan fingerprint density at radius 2 is 1.76 bits per heavy atom. The number of carbonyl (C=O) groups excluding carboxylic acids is 2. The summed E-state index contributed by atoms with van der Waals surface area (Å²) < 4.78 is 35.7. The van der Waals surface area contributed by atoms with Crippen molar-refractivity contribution in [2.75, 3.05) is 18.1 Å². The minimum Gasteiger partial charge on any atom is -0.420 e. The maximum atomic E-state index is 13.7. The summed E-state index contributed by atoms with van der Waals surface area (Å²) in [5.41, 5.74) is -5.23. The number of nitrogens with one attached hydrogen (secondary N) is 1. The molecule has 1 atom stereocenters. The number of alkyl halides is 5. The molecule has 2 amide bonds. The van der Waals surface area contributed by atoms with Gasteiger partial charge in [0.25, 0.3) is 11.8 Å². The van der Waals surface area contributed by atoms with E-state index in [2.05, 4.69) is 20.0 Å². The van der Waals surface area contributed by atoms with Crippen molar-refractivity contribution in [2.45, 2.75) is 41.8 Å². The molecular formula is C21H21Cl3F2N4O4. The van der Waals surface area contributed by atoms with Crippen LogP contribution < -0.4 is 15.0 Å². The van der Waals surface area contributed by atoms with Crippen LogP contribution in [0.3, 0.4) is 0 Å². The minimum absolute atomic E-state index is 0.134. The van der Waals surface area contributed by atoms with Crippen LogP contribution in [-0.2, 0) is 19.9 Å². The van der Waals surface area contributed by atoms with E-state index in [0.717, 1.165) is 4.90 Å². The highest BCUT2D eigenvalue weighted by Crippen LogP contribution is 2.36. The topological polar surface area (TPSA) is 93.6 Å². The molecule has 184 valence electrons. The van der Waals surface area contributed by atoms with E-state index in [4.69, 9.17) is 39.5 Å². The van der Waals surface area contributed by atoms with Gasteiger partial charge in [-0.15, -0.1) is 8.78 Å². The number of halogens is 5. The van der Waals surface area contributed by atoms with E-state index in [-0.39, 0.29) is 23.0 Å². The van der Waals surface area contributed by atoms with Crippen molar-refractivity contribution < 1.29 is 27.8 Å². The first kappa shape index (κ1) is 26.3. The van der Waals surface area contributed by atoms with Crippen molar-refractivity contribution in [1.29, 1.82) is 0 Å². The molecule has 1 saturated heterocycles. The zero-order chi connectivity index (χ0) is 24.9. The Morgan fingerprint density at radius 3 is 2.29 bits per heavy atom. The number of benzene rings is 1.